The van der Waals surface area contributed by atoms with Crippen molar-refractivity contribution in [3.05, 3.63) is 35.2 Å². The molecule has 120 valence electrons. The average molecular weight is 312 g/mol. The molecule has 0 unspecified atom stereocenters. The lowest BCUT2D eigenvalue weighted by Crippen LogP contribution is -2.34. The second kappa shape index (κ2) is 5.41. The van der Waals surface area contributed by atoms with E-state index in [1.807, 2.05) is 6.20 Å². The van der Waals surface area contributed by atoms with Crippen molar-refractivity contribution in [3.8, 4) is 5.75 Å². The van der Waals surface area contributed by atoms with Crippen LogP contribution >= 0.6 is 0 Å². The van der Waals surface area contributed by atoms with Gasteiger partial charge in [0.25, 0.3) is 0 Å². The largest absolute Gasteiger partial charge is 0.573 e. The van der Waals surface area contributed by atoms with E-state index in [0.717, 1.165) is 42.0 Å². The Hall–Kier alpha value is -1.85. The van der Waals surface area contributed by atoms with E-state index >= 15 is 0 Å². The van der Waals surface area contributed by atoms with E-state index in [0.29, 0.717) is 12.3 Å². The molecule has 1 aromatic carbocycles. The van der Waals surface area contributed by atoms with Gasteiger partial charge < -0.3 is 15.0 Å². The zero-order chi connectivity index (χ0) is 15.9. The van der Waals surface area contributed by atoms with Crippen LogP contribution in [0.3, 0.4) is 0 Å². The molecule has 0 radical (unpaired) electrons. The van der Waals surface area contributed by atoms with Gasteiger partial charge in [-0.3, -0.25) is 0 Å². The highest BCUT2D eigenvalue weighted by Crippen LogP contribution is 2.42. The van der Waals surface area contributed by atoms with Crippen molar-refractivity contribution in [2.45, 2.75) is 33.1 Å². The lowest BCUT2D eigenvalue weighted by atomic mass is 9.98. The van der Waals surface area contributed by atoms with Gasteiger partial charge in [0.2, 0.25) is 0 Å². The van der Waals surface area contributed by atoms with Crippen LogP contribution in [0.4, 0.5) is 18.9 Å². The lowest BCUT2D eigenvalue weighted by Gasteiger charge is -2.28. The van der Waals surface area contributed by atoms with Crippen LogP contribution in [-0.2, 0) is 12.8 Å². The van der Waals surface area contributed by atoms with Gasteiger partial charge in [0.1, 0.15) is 5.75 Å². The lowest BCUT2D eigenvalue weighted by molar-refractivity contribution is -0.274. The molecule has 2 aliphatic heterocycles. The maximum atomic E-state index is 12.5. The Morgan fingerprint density at radius 1 is 1.32 bits per heavy atom. The second-order valence-electron chi connectivity index (χ2n) is 6.15. The molecular formula is C16H19F3N2O. The molecule has 2 heterocycles. The summed E-state index contributed by atoms with van der Waals surface area (Å²) in [4.78, 5) is 2.21. The molecule has 0 bridgehead atoms. The predicted octanol–water partition coefficient (Wildman–Crippen LogP) is 3.59. The summed E-state index contributed by atoms with van der Waals surface area (Å²) >= 11 is 0. The molecule has 3 rings (SSSR count). The van der Waals surface area contributed by atoms with Crippen molar-refractivity contribution in [3.63, 3.8) is 0 Å². The minimum atomic E-state index is -4.66. The van der Waals surface area contributed by atoms with Crippen LogP contribution in [-0.4, -0.2) is 19.5 Å². The summed E-state index contributed by atoms with van der Waals surface area (Å²) in [5.74, 6) is 0.247. The smallest absolute Gasteiger partial charge is 0.406 e. The number of ether oxygens (including phenoxy) is 1. The van der Waals surface area contributed by atoms with E-state index in [2.05, 4.69) is 28.8 Å². The third-order valence-corrected chi connectivity index (χ3v) is 3.84. The van der Waals surface area contributed by atoms with Crippen molar-refractivity contribution >= 4 is 5.69 Å². The molecule has 22 heavy (non-hydrogen) atoms. The normalized spacial score (nSPS) is 17.0. The standard InChI is InChI=1S/C16H19F3N2O/c1-10(2)5-11-7-14(22-16(17,18)19)8-12-6-13-9-20-3-4-21(13)15(11)12/h7-10,20H,3-6H2,1-2H3. The maximum absolute atomic E-state index is 12.5. The minimum absolute atomic E-state index is 0.115. The first-order valence-electron chi connectivity index (χ1n) is 7.45. The van der Waals surface area contributed by atoms with Crippen LogP contribution in [0.25, 0.3) is 0 Å². The first-order valence-corrected chi connectivity index (χ1v) is 7.45. The Kier molecular flexibility index (Phi) is 3.70. The molecule has 0 atom stereocenters. The van der Waals surface area contributed by atoms with Gasteiger partial charge >= 0.3 is 6.36 Å². The summed E-state index contributed by atoms with van der Waals surface area (Å²) in [7, 11) is 0. The Morgan fingerprint density at radius 3 is 2.77 bits per heavy atom. The summed E-state index contributed by atoms with van der Waals surface area (Å²) in [6.45, 7) is 5.80. The van der Waals surface area contributed by atoms with E-state index in [1.54, 1.807) is 0 Å². The van der Waals surface area contributed by atoms with Crippen molar-refractivity contribution in [2.24, 2.45) is 5.92 Å². The van der Waals surface area contributed by atoms with Crippen LogP contribution in [0.1, 0.15) is 25.0 Å². The molecule has 2 aliphatic rings. The Bertz CT molecular complexity index is 608. The number of rotatable bonds is 3. The Balaban J connectivity index is 2.03. The number of hydrogen-bond acceptors (Lipinski definition) is 3. The molecule has 0 spiro atoms. The maximum Gasteiger partial charge on any atom is 0.573 e. The molecule has 6 heteroatoms. The topological polar surface area (TPSA) is 24.5 Å². The third kappa shape index (κ3) is 3.00. The van der Waals surface area contributed by atoms with Gasteiger partial charge in [0, 0.05) is 37.1 Å². The van der Waals surface area contributed by atoms with Gasteiger partial charge in [0.05, 0.1) is 0 Å². The zero-order valence-corrected chi connectivity index (χ0v) is 12.6. The summed E-state index contributed by atoms with van der Waals surface area (Å²) in [5, 5.41) is 3.19. The molecule has 0 saturated carbocycles. The number of anilines is 1. The number of benzene rings is 1. The number of alkyl halides is 3. The van der Waals surface area contributed by atoms with Crippen LogP contribution in [0.15, 0.2) is 24.0 Å². The average Bonchev–Trinajstić information content (AvgIpc) is 2.73. The van der Waals surface area contributed by atoms with Crippen molar-refractivity contribution in [2.75, 3.05) is 18.0 Å². The molecule has 0 aromatic heterocycles. The highest BCUT2D eigenvalue weighted by molar-refractivity contribution is 5.71. The van der Waals surface area contributed by atoms with Crippen molar-refractivity contribution < 1.29 is 17.9 Å². The first kappa shape index (κ1) is 15.1. The van der Waals surface area contributed by atoms with Gasteiger partial charge in [-0.15, -0.1) is 13.2 Å². The van der Waals surface area contributed by atoms with Crippen LogP contribution in [0.2, 0.25) is 0 Å². The molecule has 0 aliphatic carbocycles. The van der Waals surface area contributed by atoms with E-state index in [-0.39, 0.29) is 5.75 Å². The van der Waals surface area contributed by atoms with Crippen molar-refractivity contribution in [1.82, 2.24) is 5.32 Å². The SMILES string of the molecule is CC(C)Cc1cc(OC(F)(F)F)cc2c1N1CCNC=C1C2. The van der Waals surface area contributed by atoms with E-state index in [1.165, 1.54) is 12.1 Å². The number of nitrogens with zero attached hydrogens (tertiary/aromatic N) is 1. The monoisotopic (exact) mass is 312 g/mol. The summed E-state index contributed by atoms with van der Waals surface area (Å²) in [6, 6.07) is 3.06. The summed E-state index contributed by atoms with van der Waals surface area (Å²) in [5.41, 5.74) is 4.01. The summed E-state index contributed by atoms with van der Waals surface area (Å²) in [6.07, 6.45) is -1.33. The summed E-state index contributed by atoms with van der Waals surface area (Å²) < 4.78 is 41.7. The fourth-order valence-corrected chi connectivity index (χ4v) is 3.18. The Labute approximate surface area is 127 Å². The van der Waals surface area contributed by atoms with Gasteiger partial charge in [-0.1, -0.05) is 13.8 Å². The van der Waals surface area contributed by atoms with Gasteiger partial charge in [-0.2, -0.15) is 0 Å². The number of hydrogen-bond donors (Lipinski definition) is 1. The van der Waals surface area contributed by atoms with E-state index < -0.39 is 6.36 Å². The van der Waals surface area contributed by atoms with Crippen LogP contribution < -0.4 is 15.0 Å². The van der Waals surface area contributed by atoms with Gasteiger partial charge in [-0.05, 0) is 35.6 Å². The molecule has 0 fully saturated rings. The zero-order valence-electron chi connectivity index (χ0n) is 12.6. The molecule has 0 saturated heterocycles. The van der Waals surface area contributed by atoms with Crippen molar-refractivity contribution in [1.29, 1.82) is 0 Å². The highest BCUT2D eigenvalue weighted by atomic mass is 19.4. The fraction of sp³-hybridized carbons (Fsp3) is 0.500. The predicted molar refractivity (Wildman–Crippen MR) is 78.8 cm³/mol. The third-order valence-electron chi connectivity index (χ3n) is 3.84. The van der Waals surface area contributed by atoms with Crippen LogP contribution in [0, 0.1) is 5.92 Å². The van der Waals surface area contributed by atoms with E-state index in [4.69, 9.17) is 0 Å². The molecule has 1 aromatic rings. The second-order valence-corrected chi connectivity index (χ2v) is 6.15. The fourth-order valence-electron chi connectivity index (χ4n) is 3.18. The van der Waals surface area contributed by atoms with Gasteiger partial charge in [0.15, 0.2) is 0 Å². The van der Waals surface area contributed by atoms with Crippen LogP contribution in [0.5, 0.6) is 5.75 Å². The number of halogens is 3. The Morgan fingerprint density at radius 2 is 2.09 bits per heavy atom. The highest BCUT2D eigenvalue weighted by Gasteiger charge is 2.34. The molecular weight excluding hydrogens is 293 g/mol. The number of allylic oxidation sites excluding steroid dienone is 1. The number of nitrogens with one attached hydrogen (secondary N) is 1. The molecule has 0 amide bonds. The quantitative estimate of drug-likeness (QED) is 0.923. The molecule has 3 nitrogen and oxygen atoms in total. The minimum Gasteiger partial charge on any atom is -0.406 e. The van der Waals surface area contributed by atoms with Gasteiger partial charge in [-0.25, -0.2) is 0 Å². The first-order chi connectivity index (χ1) is 10.3. The number of fused-ring (bicyclic) bond motifs is 3. The van der Waals surface area contributed by atoms with E-state index in [9.17, 15) is 13.2 Å². The molecule has 1 N–H and O–H groups in total.